The number of pyridine rings is 1. The molecule has 1 aliphatic heterocycles. The van der Waals surface area contributed by atoms with E-state index in [9.17, 15) is 23.9 Å². The van der Waals surface area contributed by atoms with Crippen LogP contribution in [0.1, 0.15) is 24.4 Å². The molecule has 2 fully saturated rings. The lowest BCUT2D eigenvalue weighted by atomic mass is 9.85. The van der Waals surface area contributed by atoms with Crippen LogP contribution in [0.2, 0.25) is 0 Å². The fourth-order valence-corrected chi connectivity index (χ4v) is 5.13. The first-order valence-electron chi connectivity index (χ1n) is 10.2. The molecule has 1 saturated heterocycles. The molecule has 2 N–H and O–H groups in total. The smallest absolute Gasteiger partial charge is 0.234 e. The van der Waals surface area contributed by atoms with Crippen LogP contribution in [0.4, 0.5) is 10.2 Å². The average Bonchev–Trinajstić information content (AvgIpc) is 3.43. The first kappa shape index (κ1) is 19.4. The summed E-state index contributed by atoms with van der Waals surface area (Å²) in [6.45, 7) is 0. The summed E-state index contributed by atoms with van der Waals surface area (Å²) in [5.41, 5.74) is 0.490. The molecule has 0 spiro atoms. The van der Waals surface area contributed by atoms with Crippen molar-refractivity contribution in [3.05, 3.63) is 66.1 Å². The van der Waals surface area contributed by atoms with E-state index < -0.39 is 29.6 Å². The third-order valence-corrected chi connectivity index (χ3v) is 6.49. The van der Waals surface area contributed by atoms with Crippen molar-refractivity contribution in [3.63, 3.8) is 0 Å². The van der Waals surface area contributed by atoms with Crippen LogP contribution in [0.3, 0.4) is 0 Å². The molecule has 2 bridgehead atoms. The maximum atomic E-state index is 13.5. The highest BCUT2D eigenvalue weighted by Gasteiger charge is 2.60. The summed E-state index contributed by atoms with van der Waals surface area (Å²) in [5, 5.41) is 12.4. The number of hydrogen-bond donors (Lipinski definition) is 2. The van der Waals surface area contributed by atoms with Gasteiger partial charge in [0.25, 0.3) is 0 Å². The van der Waals surface area contributed by atoms with E-state index in [2.05, 4.69) is 10.3 Å². The van der Waals surface area contributed by atoms with Crippen LogP contribution < -0.4 is 5.32 Å². The fourth-order valence-electron chi connectivity index (χ4n) is 5.13. The van der Waals surface area contributed by atoms with Gasteiger partial charge in [0.05, 0.1) is 24.3 Å². The second-order valence-corrected chi connectivity index (χ2v) is 8.24. The van der Waals surface area contributed by atoms with Crippen molar-refractivity contribution >= 4 is 23.5 Å². The number of amides is 3. The van der Waals surface area contributed by atoms with Crippen molar-refractivity contribution in [2.45, 2.75) is 18.9 Å². The van der Waals surface area contributed by atoms with Crippen LogP contribution >= 0.6 is 0 Å². The molecule has 31 heavy (non-hydrogen) atoms. The van der Waals surface area contributed by atoms with Crippen molar-refractivity contribution in [1.82, 2.24) is 9.88 Å². The summed E-state index contributed by atoms with van der Waals surface area (Å²) in [7, 11) is 0. The van der Waals surface area contributed by atoms with Crippen LogP contribution in [0.5, 0.6) is 5.75 Å². The van der Waals surface area contributed by atoms with Crippen LogP contribution in [0, 0.1) is 29.5 Å². The van der Waals surface area contributed by atoms with E-state index in [1.54, 1.807) is 0 Å². The van der Waals surface area contributed by atoms with E-state index in [0.717, 1.165) is 6.42 Å². The van der Waals surface area contributed by atoms with E-state index >= 15 is 0 Å². The molecule has 3 amide bonds. The largest absolute Gasteiger partial charge is 0.504 e. The molecule has 1 aromatic carbocycles. The van der Waals surface area contributed by atoms with E-state index in [4.69, 9.17) is 0 Å². The number of aromatic hydroxyl groups is 1. The Kier molecular flexibility index (Phi) is 4.57. The molecule has 7 nitrogen and oxygen atoms in total. The third-order valence-electron chi connectivity index (χ3n) is 6.49. The number of fused-ring (bicyclic) bond motifs is 5. The number of carbonyl (C=O) groups excluding carboxylic acids is 3. The van der Waals surface area contributed by atoms with Gasteiger partial charge in [-0.1, -0.05) is 24.3 Å². The standard InChI is InChI=1S/C23H20FN3O4/c24-15-7-5-12(6-8-15)16(11-18(29)26-21-17(28)2-1-9-25-21)27-22(30)19-13-3-4-14(10-13)20(19)23(27)31/h1-9,13-14,16,19-20,28H,10-11H2,(H,25,26,29). The number of imide groups is 1. The van der Waals surface area contributed by atoms with Crippen LogP contribution in [0.25, 0.3) is 0 Å². The summed E-state index contributed by atoms with van der Waals surface area (Å²) in [6.07, 6.45) is 6.00. The summed E-state index contributed by atoms with van der Waals surface area (Å²) in [5.74, 6) is -2.45. The molecule has 2 aromatic rings. The molecule has 158 valence electrons. The Labute approximate surface area is 177 Å². The monoisotopic (exact) mass is 421 g/mol. The number of nitrogens with zero attached hydrogens (tertiary/aromatic N) is 2. The molecule has 1 saturated carbocycles. The normalized spacial score (nSPS) is 26.9. The minimum Gasteiger partial charge on any atom is -0.504 e. The van der Waals surface area contributed by atoms with Crippen molar-refractivity contribution in [2.24, 2.45) is 23.7 Å². The zero-order valence-corrected chi connectivity index (χ0v) is 16.4. The summed E-state index contributed by atoms with van der Waals surface area (Å²) in [6, 6.07) is 7.47. The van der Waals surface area contributed by atoms with Crippen LogP contribution in [0.15, 0.2) is 54.7 Å². The highest BCUT2D eigenvalue weighted by molar-refractivity contribution is 6.07. The van der Waals surface area contributed by atoms with Crippen LogP contribution in [-0.4, -0.2) is 32.7 Å². The molecule has 3 aliphatic rings. The predicted molar refractivity (Wildman–Crippen MR) is 108 cm³/mol. The Morgan fingerprint density at radius 3 is 2.39 bits per heavy atom. The first-order chi connectivity index (χ1) is 14.9. The molecule has 5 unspecified atom stereocenters. The molecule has 1 aromatic heterocycles. The summed E-state index contributed by atoms with van der Waals surface area (Å²) in [4.78, 5) is 44.4. The maximum absolute atomic E-state index is 13.5. The van der Waals surface area contributed by atoms with Gasteiger partial charge in [0.15, 0.2) is 11.6 Å². The second-order valence-electron chi connectivity index (χ2n) is 8.24. The lowest BCUT2D eigenvalue weighted by Crippen LogP contribution is -2.38. The molecular weight excluding hydrogens is 401 g/mol. The number of rotatable bonds is 5. The summed E-state index contributed by atoms with van der Waals surface area (Å²) >= 11 is 0. The van der Waals surface area contributed by atoms with Gasteiger partial charge in [0.2, 0.25) is 17.7 Å². The van der Waals surface area contributed by atoms with Gasteiger partial charge in [0, 0.05) is 6.20 Å². The number of aromatic nitrogens is 1. The van der Waals surface area contributed by atoms with E-state index in [-0.39, 0.29) is 41.6 Å². The zero-order chi connectivity index (χ0) is 21.7. The van der Waals surface area contributed by atoms with Crippen LogP contribution in [-0.2, 0) is 14.4 Å². The number of benzene rings is 1. The lowest BCUT2D eigenvalue weighted by Gasteiger charge is -2.28. The highest BCUT2D eigenvalue weighted by Crippen LogP contribution is 2.54. The van der Waals surface area contributed by atoms with Crippen molar-refractivity contribution in [1.29, 1.82) is 0 Å². The SMILES string of the molecule is O=C(CC(c1ccc(F)cc1)N1C(=O)C2C3C=CC(C3)C2C1=O)Nc1ncccc1O. The van der Waals surface area contributed by atoms with Gasteiger partial charge in [-0.3, -0.25) is 19.3 Å². The van der Waals surface area contributed by atoms with Crippen molar-refractivity contribution < 1.29 is 23.9 Å². The highest BCUT2D eigenvalue weighted by atomic mass is 19.1. The number of hydrogen-bond acceptors (Lipinski definition) is 5. The molecule has 2 aliphatic carbocycles. The van der Waals surface area contributed by atoms with Gasteiger partial charge >= 0.3 is 0 Å². The van der Waals surface area contributed by atoms with Gasteiger partial charge in [-0.05, 0) is 48.1 Å². The van der Waals surface area contributed by atoms with E-state index in [1.807, 2.05) is 12.2 Å². The number of likely N-dealkylation sites (tertiary alicyclic amines) is 1. The van der Waals surface area contributed by atoms with Crippen molar-refractivity contribution in [2.75, 3.05) is 5.32 Å². The molecule has 5 rings (SSSR count). The number of nitrogens with one attached hydrogen (secondary N) is 1. The number of halogens is 1. The Hall–Kier alpha value is -3.55. The third kappa shape index (κ3) is 3.19. The Morgan fingerprint density at radius 1 is 1.13 bits per heavy atom. The van der Waals surface area contributed by atoms with Gasteiger partial charge in [-0.15, -0.1) is 0 Å². The van der Waals surface area contributed by atoms with Crippen molar-refractivity contribution in [3.8, 4) is 5.75 Å². The lowest BCUT2D eigenvalue weighted by molar-refractivity contribution is -0.144. The summed E-state index contributed by atoms with van der Waals surface area (Å²) < 4.78 is 13.5. The minimum absolute atomic E-state index is 0.0106. The van der Waals surface area contributed by atoms with Gasteiger partial charge in [-0.25, -0.2) is 9.37 Å². The van der Waals surface area contributed by atoms with E-state index in [0.29, 0.717) is 5.56 Å². The second kappa shape index (κ2) is 7.30. The molecule has 0 radical (unpaired) electrons. The molecule has 2 heterocycles. The number of anilines is 1. The average molecular weight is 421 g/mol. The fraction of sp³-hybridized carbons (Fsp3) is 0.304. The Morgan fingerprint density at radius 2 is 1.77 bits per heavy atom. The number of allylic oxidation sites excluding steroid dienone is 2. The Bertz CT molecular complexity index is 1070. The predicted octanol–water partition coefficient (Wildman–Crippen LogP) is 2.80. The quantitative estimate of drug-likeness (QED) is 0.571. The number of carbonyl (C=O) groups is 3. The Balaban J connectivity index is 1.45. The first-order valence-corrected chi connectivity index (χ1v) is 10.2. The molecular formula is C23H20FN3O4. The van der Waals surface area contributed by atoms with Gasteiger partial charge in [0.1, 0.15) is 5.82 Å². The topological polar surface area (TPSA) is 99.6 Å². The van der Waals surface area contributed by atoms with Gasteiger partial charge in [-0.2, -0.15) is 0 Å². The maximum Gasteiger partial charge on any atom is 0.234 e. The zero-order valence-electron chi connectivity index (χ0n) is 16.4. The molecule has 8 heteroatoms. The van der Waals surface area contributed by atoms with E-state index in [1.165, 1.54) is 47.5 Å². The molecule has 5 atom stereocenters. The van der Waals surface area contributed by atoms with Gasteiger partial charge < -0.3 is 10.4 Å². The minimum atomic E-state index is -0.878.